The first kappa shape index (κ1) is 14.8. The van der Waals surface area contributed by atoms with Crippen LogP contribution in [0.5, 0.6) is 0 Å². The van der Waals surface area contributed by atoms with Crippen molar-refractivity contribution in [3.8, 4) is 0 Å². The van der Waals surface area contributed by atoms with Gasteiger partial charge in [-0.2, -0.15) is 5.10 Å². The molecule has 1 aromatic rings. The minimum absolute atomic E-state index is 0.0909. The molecule has 0 fully saturated rings. The summed E-state index contributed by atoms with van der Waals surface area (Å²) >= 11 is 0. The summed E-state index contributed by atoms with van der Waals surface area (Å²) in [5.74, 6) is -0.987. The van der Waals surface area contributed by atoms with Gasteiger partial charge in [-0.25, -0.2) is 4.39 Å². The lowest BCUT2D eigenvalue weighted by molar-refractivity contribution is -0.112. The smallest absolute Gasteiger partial charge is 0.269 e. The monoisotopic (exact) mass is 288 g/mol. The van der Waals surface area contributed by atoms with Gasteiger partial charge in [-0.3, -0.25) is 9.80 Å². The lowest BCUT2D eigenvalue weighted by atomic mass is 10.1. The van der Waals surface area contributed by atoms with Crippen LogP contribution < -0.4 is 11.5 Å². The molecule has 0 saturated carbocycles. The Morgan fingerprint density at radius 2 is 2.19 bits per heavy atom. The highest BCUT2D eigenvalue weighted by Gasteiger charge is 2.23. The van der Waals surface area contributed by atoms with Crippen LogP contribution in [0, 0.1) is 5.82 Å². The summed E-state index contributed by atoms with van der Waals surface area (Å²) in [6.07, 6.45) is 3.45. The number of primary amides is 1. The number of allylic oxidation sites excluding steroid dienone is 2. The Labute approximate surface area is 122 Å². The molecule has 0 spiro atoms. The van der Waals surface area contributed by atoms with Crippen molar-refractivity contribution in [1.82, 2.24) is 5.01 Å². The fourth-order valence-electron chi connectivity index (χ4n) is 2.11. The van der Waals surface area contributed by atoms with E-state index in [0.29, 0.717) is 23.4 Å². The van der Waals surface area contributed by atoms with Crippen LogP contribution in [0.3, 0.4) is 0 Å². The highest BCUT2D eigenvalue weighted by molar-refractivity contribution is 6.45. The van der Waals surface area contributed by atoms with Crippen LogP contribution in [0.2, 0.25) is 0 Å². The van der Waals surface area contributed by atoms with Crippen LogP contribution in [0.1, 0.15) is 12.5 Å². The van der Waals surface area contributed by atoms with E-state index >= 15 is 0 Å². The minimum Gasteiger partial charge on any atom is -0.400 e. The second-order valence-electron chi connectivity index (χ2n) is 4.67. The van der Waals surface area contributed by atoms with Gasteiger partial charge in [-0.1, -0.05) is 30.4 Å². The van der Waals surface area contributed by atoms with E-state index in [1.807, 2.05) is 6.92 Å². The van der Waals surface area contributed by atoms with Crippen LogP contribution in [-0.4, -0.2) is 23.2 Å². The van der Waals surface area contributed by atoms with Crippen LogP contribution in [0.15, 0.2) is 52.8 Å². The highest BCUT2D eigenvalue weighted by atomic mass is 19.1. The number of halogens is 1. The van der Waals surface area contributed by atoms with Crippen molar-refractivity contribution in [2.75, 3.05) is 6.54 Å². The van der Waals surface area contributed by atoms with E-state index in [0.717, 1.165) is 0 Å². The highest BCUT2D eigenvalue weighted by Crippen LogP contribution is 2.17. The summed E-state index contributed by atoms with van der Waals surface area (Å²) in [4.78, 5) is 11.5. The molecule has 5 nitrogen and oxygen atoms in total. The molecule has 2 rings (SSSR count). The predicted octanol–water partition coefficient (Wildman–Crippen LogP) is 1.27. The van der Waals surface area contributed by atoms with Crippen molar-refractivity contribution in [2.24, 2.45) is 16.6 Å². The van der Waals surface area contributed by atoms with E-state index in [4.69, 9.17) is 11.5 Å². The molecule has 0 bridgehead atoms. The standard InChI is InChI=1S/C15H17FN4O/c1-2-5-11-13(17)9-20(19-14(11)15(18)21)8-10-6-3-4-7-12(10)16/h2-7H,8-9,17H2,1H3,(H2,18,21)/b5-2-. The molecule has 1 aromatic carbocycles. The summed E-state index contributed by atoms with van der Waals surface area (Å²) in [7, 11) is 0. The third kappa shape index (κ3) is 3.28. The van der Waals surface area contributed by atoms with Crippen molar-refractivity contribution in [2.45, 2.75) is 13.5 Å². The Hall–Kier alpha value is -2.63. The number of hydrogen-bond donors (Lipinski definition) is 2. The lowest BCUT2D eigenvalue weighted by Crippen LogP contribution is -2.37. The van der Waals surface area contributed by atoms with E-state index in [1.165, 1.54) is 11.1 Å². The van der Waals surface area contributed by atoms with E-state index in [2.05, 4.69) is 5.10 Å². The molecule has 0 aliphatic carbocycles. The van der Waals surface area contributed by atoms with Gasteiger partial charge in [0.15, 0.2) is 5.71 Å². The van der Waals surface area contributed by atoms with Gasteiger partial charge in [0.2, 0.25) is 0 Å². The molecule has 110 valence electrons. The number of benzene rings is 1. The fraction of sp³-hybridized carbons (Fsp3) is 0.200. The molecular weight excluding hydrogens is 271 g/mol. The first-order valence-corrected chi connectivity index (χ1v) is 6.51. The third-order valence-corrected chi connectivity index (χ3v) is 3.07. The van der Waals surface area contributed by atoms with Crippen molar-refractivity contribution in [3.05, 3.63) is 59.1 Å². The number of amides is 1. The average molecular weight is 288 g/mol. The Morgan fingerprint density at radius 1 is 1.48 bits per heavy atom. The molecular formula is C15H17FN4O. The number of carbonyl (C=O) groups excluding carboxylic acids is 1. The number of nitrogens with zero attached hydrogens (tertiary/aromatic N) is 2. The fourth-order valence-corrected chi connectivity index (χ4v) is 2.11. The van der Waals surface area contributed by atoms with Crippen LogP contribution in [-0.2, 0) is 11.3 Å². The minimum atomic E-state index is -0.663. The molecule has 0 unspecified atom stereocenters. The van der Waals surface area contributed by atoms with Crippen LogP contribution in [0.25, 0.3) is 0 Å². The second-order valence-corrected chi connectivity index (χ2v) is 4.67. The molecule has 0 radical (unpaired) electrons. The third-order valence-electron chi connectivity index (χ3n) is 3.07. The molecule has 21 heavy (non-hydrogen) atoms. The van der Waals surface area contributed by atoms with Crippen molar-refractivity contribution < 1.29 is 9.18 Å². The largest absolute Gasteiger partial charge is 0.400 e. The summed E-state index contributed by atoms with van der Waals surface area (Å²) in [5, 5.41) is 5.72. The maximum atomic E-state index is 13.7. The van der Waals surface area contributed by atoms with Crippen molar-refractivity contribution >= 4 is 11.6 Å². The molecule has 0 saturated heterocycles. The average Bonchev–Trinajstić information content (AvgIpc) is 2.44. The molecule has 1 amide bonds. The molecule has 6 heteroatoms. The normalized spacial score (nSPS) is 15.5. The van der Waals surface area contributed by atoms with Gasteiger partial charge < -0.3 is 11.5 Å². The maximum Gasteiger partial charge on any atom is 0.269 e. The Bertz CT molecular complexity index is 649. The Morgan fingerprint density at radius 3 is 2.81 bits per heavy atom. The summed E-state index contributed by atoms with van der Waals surface area (Å²) in [6, 6.07) is 6.40. The molecule has 1 heterocycles. The number of nitrogens with two attached hydrogens (primary N) is 2. The summed E-state index contributed by atoms with van der Waals surface area (Å²) in [5.41, 5.74) is 12.9. The van der Waals surface area contributed by atoms with E-state index in [9.17, 15) is 9.18 Å². The van der Waals surface area contributed by atoms with Crippen molar-refractivity contribution in [1.29, 1.82) is 0 Å². The predicted molar refractivity (Wildman–Crippen MR) is 79.5 cm³/mol. The van der Waals surface area contributed by atoms with Gasteiger partial charge in [0.1, 0.15) is 5.82 Å². The number of rotatable bonds is 4. The first-order valence-electron chi connectivity index (χ1n) is 6.51. The first-order chi connectivity index (χ1) is 10.0. The Balaban J connectivity index is 2.29. The molecule has 0 aromatic heterocycles. The van der Waals surface area contributed by atoms with Gasteiger partial charge >= 0.3 is 0 Å². The number of hydrogen-bond acceptors (Lipinski definition) is 4. The molecule has 0 atom stereocenters. The summed E-state index contributed by atoms with van der Waals surface area (Å²) in [6.45, 7) is 2.34. The van der Waals surface area contributed by atoms with E-state index in [-0.39, 0.29) is 18.1 Å². The van der Waals surface area contributed by atoms with Gasteiger partial charge in [0, 0.05) is 16.8 Å². The SMILES string of the molecule is C/C=C\C1=C(N)CN(Cc2ccccc2F)N=C1C(N)=O. The van der Waals surface area contributed by atoms with Crippen LogP contribution >= 0.6 is 0 Å². The second kappa shape index (κ2) is 6.21. The van der Waals surface area contributed by atoms with Gasteiger partial charge in [-0.15, -0.1) is 0 Å². The lowest BCUT2D eigenvalue weighted by Gasteiger charge is -2.26. The van der Waals surface area contributed by atoms with Gasteiger partial charge in [-0.05, 0) is 13.0 Å². The molecule has 1 aliphatic heterocycles. The number of hydrazone groups is 1. The van der Waals surface area contributed by atoms with E-state index < -0.39 is 5.91 Å². The van der Waals surface area contributed by atoms with Crippen molar-refractivity contribution in [3.63, 3.8) is 0 Å². The van der Waals surface area contributed by atoms with E-state index in [1.54, 1.807) is 30.4 Å². The molecule has 1 aliphatic rings. The zero-order valence-electron chi connectivity index (χ0n) is 11.7. The summed E-state index contributed by atoms with van der Waals surface area (Å²) < 4.78 is 13.7. The van der Waals surface area contributed by atoms with Gasteiger partial charge in [0.05, 0.1) is 13.1 Å². The topological polar surface area (TPSA) is 84.7 Å². The quantitative estimate of drug-likeness (QED) is 0.875. The number of carbonyl (C=O) groups is 1. The zero-order valence-corrected chi connectivity index (χ0v) is 11.7. The molecule has 4 N–H and O–H groups in total. The maximum absolute atomic E-state index is 13.7. The Kier molecular flexibility index (Phi) is 4.37. The zero-order chi connectivity index (χ0) is 15.4. The van der Waals surface area contributed by atoms with Gasteiger partial charge in [0.25, 0.3) is 5.91 Å². The van der Waals surface area contributed by atoms with Crippen LogP contribution in [0.4, 0.5) is 4.39 Å².